The topological polar surface area (TPSA) is 94.0 Å². The van der Waals surface area contributed by atoms with Gasteiger partial charge < -0.3 is 15.6 Å². The summed E-state index contributed by atoms with van der Waals surface area (Å²) in [5.41, 5.74) is 5.19. The van der Waals surface area contributed by atoms with Crippen LogP contribution in [0.25, 0.3) is 0 Å². The Morgan fingerprint density at radius 1 is 1.62 bits per heavy atom. The van der Waals surface area contributed by atoms with Gasteiger partial charge in [-0.1, -0.05) is 5.16 Å². The summed E-state index contributed by atoms with van der Waals surface area (Å²) in [7, 11) is 0. The minimum atomic E-state index is -0.398. The van der Waals surface area contributed by atoms with E-state index in [1.54, 1.807) is 0 Å². The number of nitrogens with two attached hydrogens (primary N) is 1. The van der Waals surface area contributed by atoms with Crippen LogP contribution < -0.4 is 11.1 Å². The fraction of sp³-hybridized carbons (Fsp3) is 0.700. The van der Waals surface area contributed by atoms with Gasteiger partial charge in [0.2, 0.25) is 5.89 Å². The fourth-order valence-corrected chi connectivity index (χ4v) is 1.16. The number of nitrogens with one attached hydrogen (secondary N) is 1. The van der Waals surface area contributed by atoms with Crippen LogP contribution in [-0.4, -0.2) is 28.6 Å². The summed E-state index contributed by atoms with van der Waals surface area (Å²) < 4.78 is 5.04. The molecule has 88 valence electrons. The van der Waals surface area contributed by atoms with Gasteiger partial charge in [0.25, 0.3) is 11.7 Å². The highest BCUT2D eigenvalue weighted by Crippen LogP contribution is 2.21. The summed E-state index contributed by atoms with van der Waals surface area (Å²) in [6.45, 7) is 4.17. The van der Waals surface area contributed by atoms with Crippen LogP contribution in [0.5, 0.6) is 0 Å². The van der Waals surface area contributed by atoms with E-state index in [4.69, 9.17) is 10.3 Å². The van der Waals surface area contributed by atoms with E-state index in [-0.39, 0.29) is 17.8 Å². The van der Waals surface area contributed by atoms with Crippen molar-refractivity contribution in [2.75, 3.05) is 6.54 Å². The number of amides is 1. The molecule has 0 unspecified atom stereocenters. The minimum absolute atomic E-state index is 0.0865. The van der Waals surface area contributed by atoms with Gasteiger partial charge in [0, 0.05) is 12.6 Å². The van der Waals surface area contributed by atoms with Gasteiger partial charge in [-0.15, -0.1) is 0 Å². The van der Waals surface area contributed by atoms with Crippen molar-refractivity contribution in [1.29, 1.82) is 0 Å². The van der Waals surface area contributed by atoms with E-state index in [0.29, 0.717) is 12.4 Å². The third kappa shape index (κ3) is 2.21. The number of carbonyl (C=O) groups is 1. The van der Waals surface area contributed by atoms with Gasteiger partial charge in [0.1, 0.15) is 0 Å². The molecule has 1 aromatic heterocycles. The van der Waals surface area contributed by atoms with Crippen LogP contribution in [-0.2, 0) is 5.41 Å². The molecule has 1 fully saturated rings. The Balaban J connectivity index is 2.09. The molecule has 6 heteroatoms. The number of carbonyl (C=O) groups excluding carboxylic acids is 1. The number of rotatable bonds is 4. The predicted octanol–water partition coefficient (Wildman–Crippen LogP) is 0.198. The summed E-state index contributed by atoms with van der Waals surface area (Å²) in [5, 5.41) is 6.46. The van der Waals surface area contributed by atoms with Crippen molar-refractivity contribution in [2.45, 2.75) is 38.1 Å². The van der Waals surface area contributed by atoms with Crippen molar-refractivity contribution >= 4 is 5.91 Å². The van der Waals surface area contributed by atoms with Gasteiger partial charge >= 0.3 is 0 Å². The minimum Gasteiger partial charge on any atom is -0.346 e. The van der Waals surface area contributed by atoms with Crippen molar-refractivity contribution in [3.63, 3.8) is 0 Å². The van der Waals surface area contributed by atoms with E-state index in [0.717, 1.165) is 12.8 Å². The maximum atomic E-state index is 11.6. The smallest absolute Gasteiger partial charge is 0.292 e. The van der Waals surface area contributed by atoms with E-state index >= 15 is 0 Å². The molecule has 1 amide bonds. The van der Waals surface area contributed by atoms with Gasteiger partial charge in [0.15, 0.2) is 0 Å². The quantitative estimate of drug-likeness (QED) is 0.761. The first kappa shape index (κ1) is 11.1. The van der Waals surface area contributed by atoms with E-state index in [9.17, 15) is 4.79 Å². The lowest BCUT2D eigenvalue weighted by Crippen LogP contribution is -2.29. The molecule has 3 N–H and O–H groups in total. The Hall–Kier alpha value is -1.43. The standard InChI is InChI=1S/C10H16N4O2/c1-10(2,5-11)9-13-7(14-16-9)8(15)12-6-3-4-6/h6H,3-5,11H2,1-2H3,(H,12,15). The van der Waals surface area contributed by atoms with Gasteiger partial charge in [-0.05, 0) is 26.7 Å². The highest BCUT2D eigenvalue weighted by atomic mass is 16.5. The SMILES string of the molecule is CC(C)(CN)c1nc(C(=O)NC2CC2)no1. The summed E-state index contributed by atoms with van der Waals surface area (Å²) in [6, 6.07) is 0.289. The number of nitrogens with zero attached hydrogens (tertiary/aromatic N) is 2. The van der Waals surface area contributed by atoms with Crippen LogP contribution >= 0.6 is 0 Å². The molecule has 1 aromatic rings. The molecule has 6 nitrogen and oxygen atoms in total. The Kier molecular flexibility index (Phi) is 2.67. The molecule has 16 heavy (non-hydrogen) atoms. The van der Waals surface area contributed by atoms with E-state index in [1.807, 2.05) is 13.8 Å². The van der Waals surface area contributed by atoms with Gasteiger partial charge in [-0.3, -0.25) is 4.79 Å². The van der Waals surface area contributed by atoms with Crippen LogP contribution in [0.4, 0.5) is 0 Å². The Morgan fingerprint density at radius 3 is 2.88 bits per heavy atom. The van der Waals surface area contributed by atoms with Crippen molar-refractivity contribution in [3.05, 3.63) is 11.7 Å². The normalized spacial score (nSPS) is 16.2. The van der Waals surface area contributed by atoms with Crippen molar-refractivity contribution < 1.29 is 9.32 Å². The number of aromatic nitrogens is 2. The van der Waals surface area contributed by atoms with Gasteiger partial charge in [-0.2, -0.15) is 4.98 Å². The first-order valence-corrected chi connectivity index (χ1v) is 5.38. The molecular formula is C10H16N4O2. The molecule has 1 aliphatic rings. The molecule has 1 aliphatic carbocycles. The van der Waals surface area contributed by atoms with Crippen molar-refractivity contribution in [3.8, 4) is 0 Å². The maximum Gasteiger partial charge on any atom is 0.292 e. The first-order chi connectivity index (χ1) is 7.53. The molecule has 0 radical (unpaired) electrons. The molecule has 2 rings (SSSR count). The van der Waals surface area contributed by atoms with Crippen LogP contribution in [0.1, 0.15) is 43.2 Å². The van der Waals surface area contributed by atoms with Gasteiger partial charge in [-0.25, -0.2) is 0 Å². The largest absolute Gasteiger partial charge is 0.346 e. The molecule has 1 saturated carbocycles. The molecule has 0 aliphatic heterocycles. The summed E-state index contributed by atoms with van der Waals surface area (Å²) in [4.78, 5) is 15.7. The fourth-order valence-electron chi connectivity index (χ4n) is 1.16. The molecule has 0 aromatic carbocycles. The van der Waals surface area contributed by atoms with Crippen molar-refractivity contribution in [1.82, 2.24) is 15.5 Å². The van der Waals surface area contributed by atoms with Crippen LogP contribution in [0.2, 0.25) is 0 Å². The lowest BCUT2D eigenvalue weighted by atomic mass is 9.94. The average Bonchev–Trinajstić information content (AvgIpc) is 2.91. The van der Waals surface area contributed by atoms with Crippen LogP contribution in [0.3, 0.4) is 0 Å². The third-order valence-corrected chi connectivity index (χ3v) is 2.63. The molecule has 0 atom stereocenters. The Bertz CT molecular complexity index is 395. The Morgan fingerprint density at radius 2 is 2.31 bits per heavy atom. The maximum absolute atomic E-state index is 11.6. The van der Waals surface area contributed by atoms with Crippen molar-refractivity contribution in [2.24, 2.45) is 5.73 Å². The zero-order valence-corrected chi connectivity index (χ0v) is 9.49. The number of hydrogen-bond acceptors (Lipinski definition) is 5. The summed E-state index contributed by atoms with van der Waals surface area (Å²) in [6.07, 6.45) is 2.06. The van der Waals surface area contributed by atoms with E-state index in [2.05, 4.69) is 15.5 Å². The lowest BCUT2D eigenvalue weighted by Gasteiger charge is -2.15. The first-order valence-electron chi connectivity index (χ1n) is 5.38. The Labute approximate surface area is 93.6 Å². The van der Waals surface area contributed by atoms with E-state index < -0.39 is 5.41 Å². The molecule has 0 spiro atoms. The zero-order chi connectivity index (χ0) is 11.8. The van der Waals surface area contributed by atoms with Crippen LogP contribution in [0, 0.1) is 0 Å². The molecule has 0 bridgehead atoms. The second-order valence-electron chi connectivity index (χ2n) is 4.76. The summed E-state index contributed by atoms with van der Waals surface area (Å²) in [5.74, 6) is 0.213. The second-order valence-corrected chi connectivity index (χ2v) is 4.76. The molecule has 1 heterocycles. The highest BCUT2D eigenvalue weighted by molar-refractivity contribution is 5.90. The predicted molar refractivity (Wildman–Crippen MR) is 56.9 cm³/mol. The zero-order valence-electron chi connectivity index (χ0n) is 9.49. The molecular weight excluding hydrogens is 208 g/mol. The third-order valence-electron chi connectivity index (χ3n) is 2.63. The average molecular weight is 224 g/mol. The van der Waals surface area contributed by atoms with Gasteiger partial charge in [0.05, 0.1) is 5.41 Å². The monoisotopic (exact) mass is 224 g/mol. The second kappa shape index (κ2) is 3.86. The summed E-state index contributed by atoms with van der Waals surface area (Å²) >= 11 is 0. The number of hydrogen-bond donors (Lipinski definition) is 2. The molecule has 0 saturated heterocycles. The van der Waals surface area contributed by atoms with Crippen LogP contribution in [0.15, 0.2) is 4.52 Å². The lowest BCUT2D eigenvalue weighted by molar-refractivity contribution is 0.0937. The van der Waals surface area contributed by atoms with E-state index in [1.165, 1.54) is 0 Å². The highest BCUT2D eigenvalue weighted by Gasteiger charge is 2.29.